The first-order chi connectivity index (χ1) is 17.5. The van der Waals surface area contributed by atoms with E-state index in [1.807, 2.05) is 48.5 Å². The Morgan fingerprint density at radius 2 is 1.47 bits per heavy atom. The van der Waals surface area contributed by atoms with E-state index in [0.29, 0.717) is 0 Å². The number of carbonyl (C=O) groups is 2. The lowest BCUT2D eigenvalue weighted by atomic mass is 9.55. The zero-order chi connectivity index (χ0) is 25.0. The fraction of sp³-hybridized carbons (Fsp3) is 0.179. The molecule has 36 heavy (non-hydrogen) atoms. The predicted octanol–water partition coefficient (Wildman–Crippen LogP) is 3.83. The van der Waals surface area contributed by atoms with E-state index in [-0.39, 0.29) is 47.3 Å². The molecule has 0 N–H and O–H groups in total. The van der Waals surface area contributed by atoms with Crippen LogP contribution < -0.4 is 4.74 Å². The number of hydrogen-bond acceptors (Lipinski definition) is 6. The fourth-order valence-corrected chi connectivity index (χ4v) is 5.90. The summed E-state index contributed by atoms with van der Waals surface area (Å²) in [4.78, 5) is 38.0. The summed E-state index contributed by atoms with van der Waals surface area (Å²) in [6.45, 7) is -0.0513. The van der Waals surface area contributed by atoms with Gasteiger partial charge >= 0.3 is 0 Å². The zero-order valence-corrected chi connectivity index (χ0v) is 18.9. The van der Waals surface area contributed by atoms with Gasteiger partial charge in [-0.1, -0.05) is 54.5 Å². The molecule has 1 saturated heterocycles. The van der Waals surface area contributed by atoms with Crippen LogP contribution >= 0.6 is 0 Å². The third-order valence-electron chi connectivity index (χ3n) is 7.25. The van der Waals surface area contributed by atoms with Crippen molar-refractivity contribution in [1.82, 2.24) is 5.01 Å². The van der Waals surface area contributed by atoms with Crippen LogP contribution in [0.4, 0.5) is 5.69 Å². The van der Waals surface area contributed by atoms with Crippen LogP contribution in [0, 0.1) is 34.3 Å². The number of nitro groups is 1. The number of amides is 2. The highest BCUT2D eigenvalue weighted by atomic mass is 16.6. The van der Waals surface area contributed by atoms with E-state index in [9.17, 15) is 19.7 Å². The third kappa shape index (κ3) is 3.06. The number of hydrazone groups is 1. The maximum atomic E-state index is 13.6. The highest BCUT2D eigenvalue weighted by Crippen LogP contribution is 2.60. The minimum Gasteiger partial charge on any atom is -0.480 e. The molecule has 3 aromatic carbocycles. The van der Waals surface area contributed by atoms with Crippen molar-refractivity contribution in [2.45, 2.75) is 11.8 Å². The van der Waals surface area contributed by atoms with Gasteiger partial charge in [0, 0.05) is 29.5 Å². The van der Waals surface area contributed by atoms with Gasteiger partial charge in [0.05, 0.1) is 23.0 Å². The first-order valence-corrected chi connectivity index (χ1v) is 11.5. The lowest BCUT2D eigenvalue weighted by molar-refractivity contribution is -0.384. The van der Waals surface area contributed by atoms with Crippen molar-refractivity contribution in [2.24, 2.45) is 16.9 Å². The number of nitro benzene ring substituents is 1. The van der Waals surface area contributed by atoms with Crippen LogP contribution in [-0.2, 0) is 9.59 Å². The molecule has 2 atom stereocenters. The number of non-ortho nitro benzene ring substituents is 1. The Hall–Kier alpha value is -4.77. The third-order valence-corrected chi connectivity index (χ3v) is 7.25. The molecule has 2 unspecified atom stereocenters. The number of nitrogens with zero attached hydrogens (tertiary/aromatic N) is 3. The van der Waals surface area contributed by atoms with E-state index in [1.165, 1.54) is 24.4 Å². The van der Waals surface area contributed by atoms with Crippen molar-refractivity contribution in [1.29, 1.82) is 0 Å². The molecule has 8 nitrogen and oxygen atoms in total. The standard InChI is InChI=1S/C28H19N3O5/c1-2-13-36-22-12-11-17(31(34)35)14-16(22)15-29-30-27(32)25-23-18-7-3-4-8-19(18)24(26(25)28(30)33)21-10-6-5-9-20(21)23/h1,3-12,14-15,23-26H,13H2/b29-15+. The topological polar surface area (TPSA) is 102 Å². The Balaban J connectivity index is 1.40. The Kier molecular flexibility index (Phi) is 4.93. The van der Waals surface area contributed by atoms with Crippen LogP contribution in [0.15, 0.2) is 71.8 Å². The summed E-state index contributed by atoms with van der Waals surface area (Å²) in [6, 6.07) is 19.9. The average molecular weight is 477 g/mol. The van der Waals surface area contributed by atoms with E-state index < -0.39 is 16.8 Å². The second kappa shape index (κ2) is 8.17. The highest BCUT2D eigenvalue weighted by Gasteiger charge is 2.61. The monoisotopic (exact) mass is 477 g/mol. The molecule has 8 heteroatoms. The molecule has 1 fully saturated rings. The molecule has 7 rings (SSSR count). The number of hydrogen-bond donors (Lipinski definition) is 0. The summed E-state index contributed by atoms with van der Waals surface area (Å²) in [5.41, 5.74) is 4.33. The minimum absolute atomic E-state index is 0.0513. The van der Waals surface area contributed by atoms with Crippen LogP contribution in [0.2, 0.25) is 0 Å². The maximum absolute atomic E-state index is 13.6. The second-order valence-electron chi connectivity index (χ2n) is 8.97. The summed E-state index contributed by atoms with van der Waals surface area (Å²) >= 11 is 0. The minimum atomic E-state index is -0.563. The SMILES string of the molecule is C#CCOc1ccc([N+](=O)[O-])cc1/C=N/N1C(=O)C2C3c4ccccc4C(c4ccccc43)C2C1=O. The number of carbonyl (C=O) groups excluding carboxylic acids is 2. The highest BCUT2D eigenvalue weighted by molar-refractivity contribution is 6.08. The zero-order valence-electron chi connectivity index (χ0n) is 18.9. The van der Waals surface area contributed by atoms with Crippen LogP contribution in [0.1, 0.15) is 39.7 Å². The second-order valence-corrected chi connectivity index (χ2v) is 8.97. The molecule has 2 amide bonds. The van der Waals surface area contributed by atoms with Crippen molar-refractivity contribution < 1.29 is 19.2 Å². The average Bonchev–Trinajstić information content (AvgIpc) is 3.16. The maximum Gasteiger partial charge on any atom is 0.270 e. The smallest absolute Gasteiger partial charge is 0.270 e. The number of rotatable bonds is 5. The number of terminal acetylenes is 1. The van der Waals surface area contributed by atoms with Crippen molar-refractivity contribution >= 4 is 23.7 Å². The van der Waals surface area contributed by atoms with Crippen molar-refractivity contribution in [3.05, 3.63) is 105 Å². The van der Waals surface area contributed by atoms with Gasteiger partial charge in [-0.05, 0) is 28.3 Å². The largest absolute Gasteiger partial charge is 0.480 e. The van der Waals surface area contributed by atoms with E-state index in [2.05, 4.69) is 11.0 Å². The van der Waals surface area contributed by atoms with Crippen molar-refractivity contribution in [3.63, 3.8) is 0 Å². The van der Waals surface area contributed by atoms with Crippen molar-refractivity contribution in [3.8, 4) is 18.1 Å². The van der Waals surface area contributed by atoms with Gasteiger partial charge < -0.3 is 4.74 Å². The van der Waals surface area contributed by atoms with Gasteiger partial charge in [-0.25, -0.2) is 0 Å². The van der Waals surface area contributed by atoms with Crippen LogP contribution in [0.5, 0.6) is 5.75 Å². The lowest BCUT2D eigenvalue weighted by Gasteiger charge is -2.45. The molecule has 176 valence electrons. The molecule has 0 saturated carbocycles. The quantitative estimate of drug-likeness (QED) is 0.183. The fourth-order valence-electron chi connectivity index (χ4n) is 5.90. The molecule has 3 aromatic rings. The lowest BCUT2D eigenvalue weighted by Crippen LogP contribution is -2.41. The molecule has 1 aliphatic heterocycles. The number of ether oxygens (including phenoxy) is 1. The summed E-state index contributed by atoms with van der Waals surface area (Å²) < 4.78 is 5.47. The summed E-state index contributed by atoms with van der Waals surface area (Å²) in [7, 11) is 0. The number of benzene rings is 3. The molecular formula is C28H19N3O5. The Morgan fingerprint density at radius 1 is 0.944 bits per heavy atom. The summed E-state index contributed by atoms with van der Waals surface area (Å²) in [5.74, 6) is 0.242. The van der Waals surface area contributed by atoms with Gasteiger partial charge in [-0.15, -0.1) is 6.42 Å². The van der Waals surface area contributed by atoms with Gasteiger partial charge in [-0.2, -0.15) is 10.1 Å². The van der Waals surface area contributed by atoms with E-state index >= 15 is 0 Å². The molecule has 0 radical (unpaired) electrons. The van der Waals surface area contributed by atoms with Crippen molar-refractivity contribution in [2.75, 3.05) is 6.61 Å². The summed E-state index contributed by atoms with van der Waals surface area (Å²) in [6.07, 6.45) is 6.52. The van der Waals surface area contributed by atoms with Crippen LogP contribution in [-0.4, -0.2) is 34.6 Å². The van der Waals surface area contributed by atoms with Gasteiger partial charge in [-0.3, -0.25) is 19.7 Å². The molecule has 2 bridgehead atoms. The van der Waals surface area contributed by atoms with Crippen LogP contribution in [0.25, 0.3) is 0 Å². The molecule has 0 spiro atoms. The first kappa shape index (κ1) is 21.7. The van der Waals surface area contributed by atoms with Gasteiger partial charge in [0.2, 0.25) is 0 Å². The molecule has 4 aliphatic rings. The predicted molar refractivity (Wildman–Crippen MR) is 130 cm³/mol. The number of imide groups is 1. The van der Waals surface area contributed by atoms with E-state index in [1.54, 1.807) is 0 Å². The van der Waals surface area contributed by atoms with Gasteiger partial charge in [0.25, 0.3) is 17.5 Å². The summed E-state index contributed by atoms with van der Waals surface area (Å²) in [5, 5.41) is 16.4. The first-order valence-electron chi connectivity index (χ1n) is 11.5. The van der Waals surface area contributed by atoms with E-state index in [4.69, 9.17) is 11.2 Å². The molecule has 0 aromatic heterocycles. The Morgan fingerprint density at radius 3 is 1.94 bits per heavy atom. The van der Waals surface area contributed by atoms with Crippen LogP contribution in [0.3, 0.4) is 0 Å². The van der Waals surface area contributed by atoms with Gasteiger partial charge in [0.1, 0.15) is 12.4 Å². The normalized spacial score (nSPS) is 23.2. The molecule has 1 heterocycles. The Bertz CT molecular complexity index is 1410. The Labute approximate surface area is 206 Å². The van der Waals surface area contributed by atoms with Gasteiger partial charge in [0.15, 0.2) is 0 Å². The molecular weight excluding hydrogens is 458 g/mol. The molecule has 3 aliphatic carbocycles. The van der Waals surface area contributed by atoms with E-state index in [0.717, 1.165) is 27.3 Å².